The molecule has 158 valence electrons. The molecule has 3 rings (SSSR count). The molecule has 0 bridgehead atoms. The number of hydrogen-bond donors (Lipinski definition) is 2. The van der Waals surface area contributed by atoms with E-state index in [1.165, 1.54) is 4.90 Å². The second-order valence-corrected chi connectivity index (χ2v) is 6.53. The van der Waals surface area contributed by atoms with Crippen LogP contribution in [0, 0.1) is 0 Å². The molecule has 2 N–H and O–H groups in total. The number of aliphatic hydroxyl groups excluding tert-OH is 1. The van der Waals surface area contributed by atoms with Crippen molar-refractivity contribution >= 4 is 11.7 Å². The van der Waals surface area contributed by atoms with E-state index in [1.54, 1.807) is 30.1 Å². The van der Waals surface area contributed by atoms with Gasteiger partial charge in [0.05, 0.1) is 26.8 Å². The molecule has 3 aromatic rings. The number of para-hydroxylation sites is 1. The first-order valence-electron chi connectivity index (χ1n) is 9.68. The van der Waals surface area contributed by atoms with Crippen LogP contribution in [0.3, 0.4) is 0 Å². The van der Waals surface area contributed by atoms with Crippen LogP contribution < -0.4 is 14.8 Å². The summed E-state index contributed by atoms with van der Waals surface area (Å²) in [6, 6.07) is 16.2. The van der Waals surface area contributed by atoms with Gasteiger partial charge in [0, 0.05) is 36.3 Å². The number of amides is 2. The molecular formula is C22H26N4O4. The van der Waals surface area contributed by atoms with Gasteiger partial charge in [0.25, 0.3) is 0 Å². The largest absolute Gasteiger partial charge is 0.496 e. The summed E-state index contributed by atoms with van der Waals surface area (Å²) in [5.41, 5.74) is 1.47. The van der Waals surface area contributed by atoms with Gasteiger partial charge in [-0.1, -0.05) is 24.3 Å². The fourth-order valence-electron chi connectivity index (χ4n) is 2.97. The summed E-state index contributed by atoms with van der Waals surface area (Å²) >= 11 is 0. The molecule has 2 amide bonds. The average Bonchev–Trinajstić information content (AvgIpc) is 3.27. The Labute approximate surface area is 175 Å². The van der Waals surface area contributed by atoms with E-state index in [-0.39, 0.29) is 19.2 Å². The van der Waals surface area contributed by atoms with Crippen molar-refractivity contribution < 1.29 is 19.4 Å². The van der Waals surface area contributed by atoms with Gasteiger partial charge in [0.1, 0.15) is 18.1 Å². The van der Waals surface area contributed by atoms with Crippen LogP contribution in [0.5, 0.6) is 11.5 Å². The van der Waals surface area contributed by atoms with Crippen molar-refractivity contribution in [2.24, 2.45) is 0 Å². The summed E-state index contributed by atoms with van der Waals surface area (Å²) in [7, 11) is 1.59. The van der Waals surface area contributed by atoms with Gasteiger partial charge in [-0.05, 0) is 24.3 Å². The van der Waals surface area contributed by atoms with E-state index in [4.69, 9.17) is 9.47 Å². The fourth-order valence-corrected chi connectivity index (χ4v) is 2.97. The van der Waals surface area contributed by atoms with Crippen LogP contribution >= 0.6 is 0 Å². The first-order chi connectivity index (χ1) is 14.7. The fraction of sp³-hybridized carbons (Fsp3) is 0.273. The number of urea groups is 1. The van der Waals surface area contributed by atoms with Crippen LogP contribution in [0.2, 0.25) is 0 Å². The van der Waals surface area contributed by atoms with Crippen LogP contribution in [0.1, 0.15) is 5.56 Å². The number of nitrogens with one attached hydrogen (secondary N) is 1. The molecule has 0 spiro atoms. The number of carbonyl (C=O) groups excluding carboxylic acids is 1. The zero-order chi connectivity index (χ0) is 21.2. The smallest absolute Gasteiger partial charge is 0.322 e. The van der Waals surface area contributed by atoms with Crippen molar-refractivity contribution in [2.75, 3.05) is 32.2 Å². The van der Waals surface area contributed by atoms with E-state index in [9.17, 15) is 9.90 Å². The summed E-state index contributed by atoms with van der Waals surface area (Å²) in [6.45, 7) is 1.47. The van der Waals surface area contributed by atoms with Gasteiger partial charge in [-0.3, -0.25) is 4.68 Å². The highest BCUT2D eigenvalue weighted by Gasteiger charge is 2.16. The highest BCUT2D eigenvalue weighted by molar-refractivity contribution is 5.89. The lowest BCUT2D eigenvalue weighted by Crippen LogP contribution is -2.36. The van der Waals surface area contributed by atoms with Crippen LogP contribution in [0.25, 0.3) is 0 Å². The van der Waals surface area contributed by atoms with Crippen LogP contribution in [0.4, 0.5) is 10.5 Å². The Morgan fingerprint density at radius 1 is 1.20 bits per heavy atom. The van der Waals surface area contributed by atoms with Crippen molar-refractivity contribution in [3.8, 4) is 11.5 Å². The molecule has 0 atom stereocenters. The van der Waals surface area contributed by atoms with E-state index >= 15 is 0 Å². The lowest BCUT2D eigenvalue weighted by molar-refractivity contribution is 0.184. The number of aliphatic hydroxyl groups is 1. The minimum Gasteiger partial charge on any atom is -0.496 e. The van der Waals surface area contributed by atoms with Gasteiger partial charge in [-0.15, -0.1) is 0 Å². The predicted molar refractivity (Wildman–Crippen MR) is 114 cm³/mol. The SMILES string of the molecule is COc1ccccc1CN(CCO)C(=O)Nc1cccc(OCCn2cccn2)c1. The molecule has 0 unspecified atom stereocenters. The summed E-state index contributed by atoms with van der Waals surface area (Å²) in [5.74, 6) is 1.35. The van der Waals surface area contributed by atoms with Gasteiger partial charge < -0.3 is 24.8 Å². The van der Waals surface area contributed by atoms with Gasteiger partial charge >= 0.3 is 6.03 Å². The Morgan fingerprint density at radius 3 is 2.83 bits per heavy atom. The van der Waals surface area contributed by atoms with Crippen molar-refractivity contribution in [3.63, 3.8) is 0 Å². The topological polar surface area (TPSA) is 88.9 Å². The normalized spacial score (nSPS) is 10.5. The van der Waals surface area contributed by atoms with E-state index in [0.29, 0.717) is 36.9 Å². The molecule has 8 nitrogen and oxygen atoms in total. The van der Waals surface area contributed by atoms with Crippen molar-refractivity contribution in [2.45, 2.75) is 13.1 Å². The summed E-state index contributed by atoms with van der Waals surface area (Å²) in [5, 5.41) is 16.4. The van der Waals surface area contributed by atoms with Gasteiger partial charge in [0.2, 0.25) is 0 Å². The Kier molecular flexibility index (Phi) is 7.68. The number of rotatable bonds is 10. The molecule has 2 aromatic carbocycles. The highest BCUT2D eigenvalue weighted by atomic mass is 16.5. The summed E-state index contributed by atoms with van der Waals surface area (Å²) < 4.78 is 12.9. The minimum atomic E-state index is -0.316. The maximum absolute atomic E-state index is 12.8. The Morgan fingerprint density at radius 2 is 2.07 bits per heavy atom. The highest BCUT2D eigenvalue weighted by Crippen LogP contribution is 2.21. The number of hydrogen-bond acceptors (Lipinski definition) is 5. The standard InChI is InChI=1S/C22H26N4O4/c1-29-21-9-3-2-6-18(21)17-25(12-14-27)22(28)24-19-7-4-8-20(16-19)30-15-13-26-11-5-10-23-26/h2-11,16,27H,12-15,17H2,1H3,(H,24,28). The van der Waals surface area contributed by atoms with Crippen LogP contribution in [-0.4, -0.2) is 52.7 Å². The molecular weight excluding hydrogens is 384 g/mol. The Balaban J connectivity index is 1.60. The third kappa shape index (κ3) is 5.99. The lowest BCUT2D eigenvalue weighted by Gasteiger charge is -2.23. The molecule has 0 saturated heterocycles. The van der Waals surface area contributed by atoms with E-state index in [1.807, 2.05) is 48.7 Å². The maximum atomic E-state index is 12.8. The number of anilines is 1. The molecule has 30 heavy (non-hydrogen) atoms. The quantitative estimate of drug-likeness (QED) is 0.536. The van der Waals surface area contributed by atoms with Crippen LogP contribution in [0.15, 0.2) is 67.0 Å². The van der Waals surface area contributed by atoms with Gasteiger partial charge in [-0.25, -0.2) is 4.79 Å². The lowest BCUT2D eigenvalue weighted by atomic mass is 10.2. The summed E-state index contributed by atoms with van der Waals surface area (Å²) in [4.78, 5) is 14.3. The molecule has 1 aromatic heterocycles. The molecule has 0 saturated carbocycles. The van der Waals surface area contributed by atoms with Gasteiger partial charge in [-0.2, -0.15) is 5.10 Å². The molecule has 8 heteroatoms. The van der Waals surface area contributed by atoms with E-state index in [2.05, 4.69) is 10.4 Å². The number of nitrogens with zero attached hydrogens (tertiary/aromatic N) is 3. The summed E-state index contributed by atoms with van der Waals surface area (Å²) in [6.07, 6.45) is 3.59. The number of ether oxygens (including phenoxy) is 2. The predicted octanol–water partition coefficient (Wildman–Crippen LogP) is 3.00. The molecule has 0 fully saturated rings. The van der Waals surface area contributed by atoms with Crippen molar-refractivity contribution in [1.29, 1.82) is 0 Å². The number of aromatic nitrogens is 2. The minimum absolute atomic E-state index is 0.140. The van der Waals surface area contributed by atoms with E-state index < -0.39 is 0 Å². The van der Waals surface area contributed by atoms with E-state index in [0.717, 1.165) is 5.56 Å². The molecule has 0 aliphatic rings. The average molecular weight is 410 g/mol. The molecule has 0 aliphatic heterocycles. The van der Waals surface area contributed by atoms with Gasteiger partial charge in [0.15, 0.2) is 0 Å². The van der Waals surface area contributed by atoms with Crippen LogP contribution in [-0.2, 0) is 13.1 Å². The third-order valence-electron chi connectivity index (χ3n) is 4.44. The van der Waals surface area contributed by atoms with Crippen molar-refractivity contribution in [3.05, 3.63) is 72.6 Å². The number of carbonyl (C=O) groups is 1. The number of methoxy groups -OCH3 is 1. The second-order valence-electron chi connectivity index (χ2n) is 6.53. The second kappa shape index (κ2) is 10.9. The molecule has 0 aliphatic carbocycles. The first kappa shape index (κ1) is 21.2. The first-order valence-corrected chi connectivity index (χ1v) is 9.68. The molecule has 0 radical (unpaired) electrons. The monoisotopic (exact) mass is 410 g/mol. The Hall–Kier alpha value is -3.52. The number of benzene rings is 2. The van der Waals surface area contributed by atoms with Crippen molar-refractivity contribution in [1.82, 2.24) is 14.7 Å². The maximum Gasteiger partial charge on any atom is 0.322 e. The Bertz CT molecular complexity index is 930. The zero-order valence-corrected chi connectivity index (χ0v) is 16.9. The zero-order valence-electron chi connectivity index (χ0n) is 16.9. The molecule has 1 heterocycles. The third-order valence-corrected chi connectivity index (χ3v) is 4.44.